The van der Waals surface area contributed by atoms with Gasteiger partial charge in [0.1, 0.15) is 0 Å². The lowest BCUT2D eigenvalue weighted by atomic mass is 9.81. The highest BCUT2D eigenvalue weighted by Crippen LogP contribution is 2.52. The molecule has 2 aliphatic carbocycles. The molecule has 0 bridgehead atoms. The maximum Gasteiger partial charge on any atom is 0.0623 e. The molecule has 0 spiro atoms. The van der Waals surface area contributed by atoms with Crippen molar-refractivity contribution in [3.63, 3.8) is 0 Å². The normalized spacial score (nSPS) is 14.6. The van der Waals surface area contributed by atoms with Crippen LogP contribution in [0.4, 0.5) is 0 Å². The number of hydrogen-bond acceptors (Lipinski definition) is 1. The van der Waals surface area contributed by atoms with E-state index in [1.807, 2.05) is 11.3 Å². The van der Waals surface area contributed by atoms with Crippen LogP contribution in [-0.4, -0.2) is 4.57 Å². The fourth-order valence-electron chi connectivity index (χ4n) is 9.27. The standard InChI is InChI=1S/C49H35NS/c1-49(2)41-18-10-8-14-35(41)36-26-22-33(29-42(36)49)32-23-27-43-40(28-32)45-46-39-17-9-11-19-44(39)51-48(46)38-16-7-6-15-37(38)47(45)50(43)34-24-20-31(21-25-34)30-12-4-3-5-13-30/h3-22,24-26,28-29H,23,27H2,1-2H3. The molecule has 0 atom stereocenters. The zero-order valence-corrected chi connectivity index (χ0v) is 29.5. The van der Waals surface area contributed by atoms with Crippen LogP contribution < -0.4 is 0 Å². The fourth-order valence-corrected chi connectivity index (χ4v) is 10.5. The molecular weight excluding hydrogens is 635 g/mol. The maximum atomic E-state index is 2.60. The molecule has 0 unspecified atom stereocenters. The van der Waals surface area contributed by atoms with Crippen molar-refractivity contribution >= 4 is 64.8 Å². The Kier molecular flexibility index (Phi) is 6.07. The molecule has 0 N–H and O–H groups in total. The van der Waals surface area contributed by atoms with Crippen LogP contribution in [0.2, 0.25) is 0 Å². The van der Waals surface area contributed by atoms with Crippen LogP contribution in [0, 0.1) is 0 Å². The largest absolute Gasteiger partial charge is 0.312 e. The number of thiophene rings is 1. The van der Waals surface area contributed by atoms with Crippen LogP contribution in [0.1, 0.15) is 48.2 Å². The Bertz CT molecular complexity index is 2910. The van der Waals surface area contributed by atoms with Gasteiger partial charge in [-0.2, -0.15) is 0 Å². The minimum Gasteiger partial charge on any atom is -0.312 e. The molecule has 1 nitrogen and oxygen atoms in total. The number of aromatic nitrogens is 1. The SMILES string of the molecule is CC1(C)c2ccccc2-c2ccc(C3=Cc4c(n(-c5ccc(-c6ccccc6)cc5)c5c6ccccc6c6sc7ccccc7c6c45)CC3)cc21. The molecule has 2 aromatic heterocycles. The van der Waals surface area contributed by atoms with Gasteiger partial charge in [-0.3, -0.25) is 0 Å². The maximum absolute atomic E-state index is 2.60. The van der Waals surface area contributed by atoms with Crippen LogP contribution in [-0.2, 0) is 11.8 Å². The van der Waals surface area contributed by atoms with E-state index in [-0.39, 0.29) is 5.41 Å². The van der Waals surface area contributed by atoms with Gasteiger partial charge in [-0.1, -0.05) is 135 Å². The zero-order valence-electron chi connectivity index (χ0n) is 28.7. The number of allylic oxidation sites excluding steroid dienone is 1. The van der Waals surface area contributed by atoms with Crippen molar-refractivity contribution in [3.8, 4) is 27.9 Å². The first-order valence-corrected chi connectivity index (χ1v) is 18.9. The van der Waals surface area contributed by atoms with Crippen molar-refractivity contribution in [2.45, 2.75) is 32.1 Å². The number of nitrogens with zero attached hydrogens (tertiary/aromatic N) is 1. The highest BCUT2D eigenvalue weighted by Gasteiger charge is 2.35. The van der Waals surface area contributed by atoms with Gasteiger partial charge >= 0.3 is 0 Å². The van der Waals surface area contributed by atoms with E-state index in [4.69, 9.17) is 0 Å². The summed E-state index contributed by atoms with van der Waals surface area (Å²) < 4.78 is 5.33. The van der Waals surface area contributed by atoms with Crippen LogP contribution in [0.3, 0.4) is 0 Å². The molecule has 7 aromatic carbocycles. The van der Waals surface area contributed by atoms with Crippen molar-refractivity contribution in [1.82, 2.24) is 4.57 Å². The summed E-state index contributed by atoms with van der Waals surface area (Å²) in [5.41, 5.74) is 16.2. The molecule has 0 aliphatic heterocycles. The molecule has 0 amide bonds. The summed E-state index contributed by atoms with van der Waals surface area (Å²) in [4.78, 5) is 0. The van der Waals surface area contributed by atoms with E-state index in [9.17, 15) is 0 Å². The molecule has 242 valence electrons. The molecule has 2 aliphatic rings. The number of benzene rings is 7. The first kappa shape index (κ1) is 29.1. The van der Waals surface area contributed by atoms with Crippen LogP contribution >= 0.6 is 11.3 Å². The predicted octanol–water partition coefficient (Wildman–Crippen LogP) is 13.6. The third-order valence-corrected chi connectivity index (χ3v) is 12.9. The summed E-state index contributed by atoms with van der Waals surface area (Å²) in [6.45, 7) is 4.77. The Morgan fingerprint density at radius 3 is 2.06 bits per heavy atom. The van der Waals surface area contributed by atoms with Crippen molar-refractivity contribution in [2.24, 2.45) is 0 Å². The molecular formula is C49H35NS. The van der Waals surface area contributed by atoms with Gasteiger partial charge in [0, 0.05) is 58.7 Å². The van der Waals surface area contributed by atoms with Crippen molar-refractivity contribution in [2.75, 3.05) is 0 Å². The van der Waals surface area contributed by atoms with Crippen molar-refractivity contribution in [3.05, 3.63) is 174 Å². The summed E-state index contributed by atoms with van der Waals surface area (Å²) in [6, 6.07) is 54.2. The Balaban J connectivity index is 1.20. The Morgan fingerprint density at radius 1 is 0.549 bits per heavy atom. The molecule has 2 heterocycles. The van der Waals surface area contributed by atoms with E-state index >= 15 is 0 Å². The third kappa shape index (κ3) is 4.08. The monoisotopic (exact) mass is 669 g/mol. The number of fused-ring (bicyclic) bond motifs is 13. The van der Waals surface area contributed by atoms with Gasteiger partial charge in [0.25, 0.3) is 0 Å². The van der Waals surface area contributed by atoms with E-state index < -0.39 is 0 Å². The summed E-state index contributed by atoms with van der Waals surface area (Å²) in [5, 5.41) is 6.78. The lowest BCUT2D eigenvalue weighted by molar-refractivity contribution is 0.660. The number of hydrogen-bond donors (Lipinski definition) is 0. The van der Waals surface area contributed by atoms with Crippen molar-refractivity contribution < 1.29 is 0 Å². The minimum absolute atomic E-state index is 0.0229. The second-order valence-corrected chi connectivity index (χ2v) is 15.8. The lowest BCUT2D eigenvalue weighted by Gasteiger charge is -2.23. The van der Waals surface area contributed by atoms with E-state index in [1.165, 1.54) is 103 Å². The Hall–Kier alpha value is -5.70. The molecule has 51 heavy (non-hydrogen) atoms. The average molecular weight is 670 g/mol. The summed E-state index contributed by atoms with van der Waals surface area (Å²) in [5.74, 6) is 0. The molecule has 11 rings (SSSR count). The summed E-state index contributed by atoms with van der Waals surface area (Å²) >= 11 is 1.94. The van der Waals surface area contributed by atoms with Crippen LogP contribution in [0.15, 0.2) is 146 Å². The van der Waals surface area contributed by atoms with E-state index in [2.05, 4.69) is 170 Å². The third-order valence-electron chi connectivity index (χ3n) is 11.7. The van der Waals surface area contributed by atoms with E-state index in [0.29, 0.717) is 0 Å². The summed E-state index contributed by atoms with van der Waals surface area (Å²) in [6.07, 6.45) is 4.53. The predicted molar refractivity (Wildman–Crippen MR) is 219 cm³/mol. The lowest BCUT2D eigenvalue weighted by Crippen LogP contribution is -2.15. The van der Waals surface area contributed by atoms with Crippen LogP contribution in [0.25, 0.3) is 81.4 Å². The van der Waals surface area contributed by atoms with Crippen LogP contribution in [0.5, 0.6) is 0 Å². The second-order valence-electron chi connectivity index (χ2n) is 14.8. The first-order valence-electron chi connectivity index (χ1n) is 18.1. The molecule has 9 aromatic rings. The highest BCUT2D eigenvalue weighted by molar-refractivity contribution is 7.27. The van der Waals surface area contributed by atoms with Gasteiger partial charge in [-0.25, -0.2) is 0 Å². The van der Waals surface area contributed by atoms with Gasteiger partial charge in [0.2, 0.25) is 0 Å². The van der Waals surface area contributed by atoms with Gasteiger partial charge in [0.05, 0.1) is 5.52 Å². The fraction of sp³-hybridized carbons (Fsp3) is 0.102. The first-order chi connectivity index (χ1) is 25.1. The van der Waals surface area contributed by atoms with Crippen molar-refractivity contribution in [1.29, 1.82) is 0 Å². The summed E-state index contributed by atoms with van der Waals surface area (Å²) in [7, 11) is 0. The van der Waals surface area contributed by atoms with Gasteiger partial charge in [-0.15, -0.1) is 11.3 Å². The van der Waals surface area contributed by atoms with Gasteiger partial charge in [0.15, 0.2) is 0 Å². The average Bonchev–Trinajstić information content (AvgIpc) is 3.81. The van der Waals surface area contributed by atoms with E-state index in [1.54, 1.807) is 0 Å². The molecule has 0 radical (unpaired) electrons. The smallest absolute Gasteiger partial charge is 0.0623 e. The molecule has 0 saturated carbocycles. The minimum atomic E-state index is -0.0229. The topological polar surface area (TPSA) is 4.93 Å². The quantitative estimate of drug-likeness (QED) is 0.176. The van der Waals surface area contributed by atoms with Gasteiger partial charge < -0.3 is 4.57 Å². The zero-order chi connectivity index (χ0) is 33.8. The molecule has 2 heteroatoms. The highest BCUT2D eigenvalue weighted by atomic mass is 32.1. The number of rotatable bonds is 3. The van der Waals surface area contributed by atoms with E-state index in [0.717, 1.165) is 12.8 Å². The Labute approximate surface area is 301 Å². The molecule has 0 saturated heterocycles. The molecule has 0 fully saturated rings. The Morgan fingerprint density at radius 2 is 1.22 bits per heavy atom. The second kappa shape index (κ2) is 10.7. The van der Waals surface area contributed by atoms with Gasteiger partial charge in [-0.05, 0) is 87.7 Å².